The van der Waals surface area contributed by atoms with Gasteiger partial charge in [-0.2, -0.15) is 0 Å². The van der Waals surface area contributed by atoms with Crippen LogP contribution in [0.5, 0.6) is 5.75 Å². The van der Waals surface area contributed by atoms with Gasteiger partial charge in [-0.3, -0.25) is 9.59 Å². The maximum atomic E-state index is 13.2. The van der Waals surface area contributed by atoms with Crippen molar-refractivity contribution in [2.45, 2.75) is 25.8 Å². The minimum atomic E-state index is -0.439. The molecule has 2 aromatic carbocycles. The zero-order valence-corrected chi connectivity index (χ0v) is 15.4. The number of rotatable bonds is 5. The van der Waals surface area contributed by atoms with Crippen molar-refractivity contribution in [3.05, 3.63) is 75.6 Å². The molecule has 0 bridgehead atoms. The van der Waals surface area contributed by atoms with Gasteiger partial charge in [-0.15, -0.1) is 0 Å². The molecule has 0 N–H and O–H groups in total. The summed E-state index contributed by atoms with van der Waals surface area (Å²) in [5.41, 5.74) is 1.61. The Morgan fingerprint density at radius 3 is 2.52 bits per heavy atom. The van der Waals surface area contributed by atoms with E-state index in [4.69, 9.17) is 9.15 Å². The van der Waals surface area contributed by atoms with Gasteiger partial charge in [0.2, 0.25) is 5.76 Å². The van der Waals surface area contributed by atoms with Crippen molar-refractivity contribution < 1.29 is 13.9 Å². The normalized spacial score (nSPS) is 16.0. The molecule has 0 saturated heterocycles. The fourth-order valence-corrected chi connectivity index (χ4v) is 3.66. The first-order chi connectivity index (χ1) is 13.2. The number of unbranched alkanes of at least 4 members (excludes halogenated alkanes) is 1. The van der Waals surface area contributed by atoms with Crippen LogP contribution in [-0.2, 0) is 0 Å². The topological polar surface area (TPSA) is 59.8 Å². The predicted octanol–water partition coefficient (Wildman–Crippen LogP) is 4.15. The first-order valence-electron chi connectivity index (χ1n) is 9.16. The molecule has 1 aliphatic heterocycles. The van der Waals surface area contributed by atoms with E-state index in [0.717, 1.165) is 24.2 Å². The van der Waals surface area contributed by atoms with Crippen LogP contribution in [0.25, 0.3) is 11.0 Å². The number of methoxy groups -OCH3 is 1. The fourth-order valence-electron chi connectivity index (χ4n) is 3.66. The third-order valence-corrected chi connectivity index (χ3v) is 5.06. The number of hydrogen-bond donors (Lipinski definition) is 0. The summed E-state index contributed by atoms with van der Waals surface area (Å²) in [5, 5.41) is 0.500. The summed E-state index contributed by atoms with van der Waals surface area (Å²) in [6.07, 6.45) is 1.82. The van der Waals surface area contributed by atoms with Crippen LogP contribution in [-0.4, -0.2) is 24.5 Å². The minimum Gasteiger partial charge on any atom is -0.497 e. The van der Waals surface area contributed by atoms with Crippen molar-refractivity contribution in [2.24, 2.45) is 0 Å². The molecule has 4 rings (SSSR count). The number of hydrogen-bond acceptors (Lipinski definition) is 4. The Hall–Kier alpha value is -3.08. The van der Waals surface area contributed by atoms with E-state index in [2.05, 4.69) is 6.92 Å². The van der Waals surface area contributed by atoms with Gasteiger partial charge in [0.05, 0.1) is 24.1 Å². The highest BCUT2D eigenvalue weighted by Crippen LogP contribution is 2.38. The molecule has 138 valence electrons. The maximum absolute atomic E-state index is 13.2. The SMILES string of the molecule is CCCCN1C(=O)c2oc3ccccc3c(=O)c2[C@@H]1c1ccc(OC)cc1. The summed E-state index contributed by atoms with van der Waals surface area (Å²) in [6.45, 7) is 2.65. The Labute approximate surface area is 157 Å². The standard InChI is InChI=1S/C22H21NO4/c1-3-4-13-23-19(14-9-11-15(26-2)12-10-14)18-20(24)16-7-5-6-8-17(16)27-21(18)22(23)25/h5-12,19H,3-4,13H2,1-2H3/t19-/m0/s1. The highest BCUT2D eigenvalue weighted by atomic mass is 16.5. The zero-order chi connectivity index (χ0) is 19.0. The molecule has 0 aliphatic carbocycles. The van der Waals surface area contributed by atoms with Crippen molar-refractivity contribution in [3.63, 3.8) is 0 Å². The van der Waals surface area contributed by atoms with E-state index in [1.54, 1.807) is 36.3 Å². The van der Waals surface area contributed by atoms with E-state index in [9.17, 15) is 9.59 Å². The van der Waals surface area contributed by atoms with E-state index in [0.29, 0.717) is 23.1 Å². The molecule has 5 heteroatoms. The van der Waals surface area contributed by atoms with Crippen molar-refractivity contribution >= 4 is 16.9 Å². The quantitative estimate of drug-likeness (QED) is 0.683. The molecule has 0 unspecified atom stereocenters. The van der Waals surface area contributed by atoms with E-state index in [1.807, 2.05) is 24.3 Å². The van der Waals surface area contributed by atoms with Gasteiger partial charge in [-0.05, 0) is 36.2 Å². The maximum Gasteiger partial charge on any atom is 0.290 e. The van der Waals surface area contributed by atoms with E-state index in [-0.39, 0.29) is 17.1 Å². The molecule has 2 heterocycles. The second-order valence-corrected chi connectivity index (χ2v) is 6.70. The Morgan fingerprint density at radius 2 is 1.81 bits per heavy atom. The lowest BCUT2D eigenvalue weighted by atomic mass is 9.98. The molecule has 1 atom stereocenters. The zero-order valence-electron chi connectivity index (χ0n) is 15.4. The van der Waals surface area contributed by atoms with Crippen LogP contribution in [0.4, 0.5) is 0 Å². The molecular weight excluding hydrogens is 342 g/mol. The van der Waals surface area contributed by atoms with Gasteiger partial charge in [-0.1, -0.05) is 37.6 Å². The van der Waals surface area contributed by atoms with Crippen LogP contribution in [0.15, 0.2) is 57.7 Å². The summed E-state index contributed by atoms with van der Waals surface area (Å²) in [6, 6.07) is 14.1. The highest BCUT2D eigenvalue weighted by molar-refractivity contribution is 5.99. The first kappa shape index (κ1) is 17.3. The van der Waals surface area contributed by atoms with Gasteiger partial charge in [0.15, 0.2) is 5.43 Å². The van der Waals surface area contributed by atoms with Crippen LogP contribution in [0.1, 0.15) is 47.5 Å². The number of carbonyl (C=O) groups is 1. The summed E-state index contributed by atoms with van der Waals surface area (Å²) >= 11 is 0. The Balaban J connectivity index is 1.93. The predicted molar refractivity (Wildman–Crippen MR) is 103 cm³/mol. The van der Waals surface area contributed by atoms with Gasteiger partial charge < -0.3 is 14.1 Å². The third kappa shape index (κ3) is 2.79. The van der Waals surface area contributed by atoms with Gasteiger partial charge in [0.25, 0.3) is 5.91 Å². The van der Waals surface area contributed by atoms with Gasteiger partial charge in [-0.25, -0.2) is 0 Å². The number of carbonyl (C=O) groups excluding carboxylic acids is 1. The summed E-state index contributed by atoms with van der Waals surface area (Å²) in [4.78, 5) is 28.1. The lowest BCUT2D eigenvalue weighted by Gasteiger charge is -2.25. The summed E-state index contributed by atoms with van der Waals surface area (Å²) in [5.74, 6) is 0.673. The van der Waals surface area contributed by atoms with Crippen molar-refractivity contribution in [3.8, 4) is 5.75 Å². The van der Waals surface area contributed by atoms with Crippen molar-refractivity contribution in [1.29, 1.82) is 0 Å². The van der Waals surface area contributed by atoms with E-state index < -0.39 is 6.04 Å². The highest BCUT2D eigenvalue weighted by Gasteiger charge is 2.42. The van der Waals surface area contributed by atoms with Crippen molar-refractivity contribution in [2.75, 3.05) is 13.7 Å². The first-order valence-corrected chi connectivity index (χ1v) is 9.16. The summed E-state index contributed by atoms with van der Waals surface area (Å²) < 4.78 is 11.1. The molecule has 27 heavy (non-hydrogen) atoms. The molecule has 5 nitrogen and oxygen atoms in total. The lowest BCUT2D eigenvalue weighted by Crippen LogP contribution is -2.30. The average molecular weight is 363 g/mol. The molecule has 1 aliphatic rings. The summed E-state index contributed by atoms with van der Waals surface area (Å²) in [7, 11) is 1.61. The second-order valence-electron chi connectivity index (χ2n) is 6.70. The van der Waals surface area contributed by atoms with Crippen LogP contribution >= 0.6 is 0 Å². The van der Waals surface area contributed by atoms with Gasteiger partial charge in [0.1, 0.15) is 11.3 Å². The third-order valence-electron chi connectivity index (χ3n) is 5.06. The number of benzene rings is 2. The minimum absolute atomic E-state index is 0.139. The van der Waals surface area contributed by atoms with Crippen molar-refractivity contribution in [1.82, 2.24) is 4.90 Å². The molecule has 0 saturated carbocycles. The van der Waals surface area contributed by atoms with E-state index >= 15 is 0 Å². The lowest BCUT2D eigenvalue weighted by molar-refractivity contribution is 0.0725. The molecule has 1 aromatic heterocycles. The van der Waals surface area contributed by atoms with Crippen LogP contribution < -0.4 is 10.2 Å². The number of para-hydroxylation sites is 1. The number of fused-ring (bicyclic) bond motifs is 2. The van der Waals surface area contributed by atoms with E-state index in [1.165, 1.54) is 0 Å². The van der Waals surface area contributed by atoms with Crippen LogP contribution in [0, 0.1) is 0 Å². The number of amides is 1. The van der Waals surface area contributed by atoms with Gasteiger partial charge >= 0.3 is 0 Å². The smallest absolute Gasteiger partial charge is 0.290 e. The molecular formula is C22H21NO4. The largest absolute Gasteiger partial charge is 0.497 e. The molecule has 1 amide bonds. The number of ether oxygens (including phenoxy) is 1. The molecule has 3 aromatic rings. The fraction of sp³-hybridized carbons (Fsp3) is 0.273. The Morgan fingerprint density at radius 1 is 1.07 bits per heavy atom. The molecule has 0 spiro atoms. The monoisotopic (exact) mass is 363 g/mol. The second kappa shape index (κ2) is 6.91. The average Bonchev–Trinajstić information content (AvgIpc) is 2.99. The molecule has 0 fully saturated rings. The Bertz CT molecular complexity index is 1050. The van der Waals surface area contributed by atoms with Gasteiger partial charge in [0, 0.05) is 6.54 Å². The number of nitrogens with zero attached hydrogens (tertiary/aromatic N) is 1. The van der Waals surface area contributed by atoms with Crippen LogP contribution in [0.2, 0.25) is 0 Å². The van der Waals surface area contributed by atoms with Crippen LogP contribution in [0.3, 0.4) is 0 Å². The molecule has 0 radical (unpaired) electrons. The Kier molecular flexibility index (Phi) is 4.44.